The first-order chi connectivity index (χ1) is 16.6. The number of fused-ring (bicyclic) bond motifs is 1. The highest BCUT2D eigenvalue weighted by molar-refractivity contribution is 7.20. The van der Waals surface area contributed by atoms with E-state index >= 15 is 0 Å². The number of nitrogens with zero attached hydrogens (tertiary/aromatic N) is 3. The number of carbonyl (C=O) groups is 1. The molecular formula is C26H26N4O3S. The maximum atomic E-state index is 11.3. The van der Waals surface area contributed by atoms with Gasteiger partial charge in [-0.25, -0.2) is 9.97 Å². The number of piperidine rings is 1. The summed E-state index contributed by atoms with van der Waals surface area (Å²) >= 11 is 1.54. The predicted octanol–water partition coefficient (Wildman–Crippen LogP) is 5.07. The van der Waals surface area contributed by atoms with E-state index in [4.69, 9.17) is 4.74 Å². The Morgan fingerprint density at radius 1 is 1.09 bits per heavy atom. The molecule has 0 bridgehead atoms. The predicted molar refractivity (Wildman–Crippen MR) is 133 cm³/mol. The Balaban J connectivity index is 1.10. The average Bonchev–Trinajstić information content (AvgIpc) is 3.28. The highest BCUT2D eigenvalue weighted by Gasteiger charge is 2.25. The summed E-state index contributed by atoms with van der Waals surface area (Å²) in [4.78, 5) is 22.4. The standard InChI is InChI=1S/C26H26N4O3S/c31-25(32)20-4-3-13-30(17-20)24-12-9-19(16-28-24)15-27-14-18-7-10-21(11-8-18)33-26-29-22-5-1-2-6-23(22)34-26/h1-2,5-12,16,20,27H,3-4,13-15,17H2,(H,31,32). The number of hydrogen-bond acceptors (Lipinski definition) is 7. The van der Waals surface area contributed by atoms with Gasteiger partial charge < -0.3 is 20.1 Å². The zero-order chi connectivity index (χ0) is 23.3. The van der Waals surface area contributed by atoms with Gasteiger partial charge in [0.15, 0.2) is 0 Å². The third-order valence-corrected chi connectivity index (χ3v) is 6.88. The number of benzene rings is 2. The Kier molecular flexibility index (Phi) is 6.69. The second-order valence-electron chi connectivity index (χ2n) is 8.45. The number of thiazole rings is 1. The molecule has 34 heavy (non-hydrogen) atoms. The highest BCUT2D eigenvalue weighted by Crippen LogP contribution is 2.31. The van der Waals surface area contributed by atoms with Gasteiger partial charge in [0.25, 0.3) is 5.19 Å². The second-order valence-corrected chi connectivity index (χ2v) is 9.44. The lowest BCUT2D eigenvalue weighted by molar-refractivity contribution is -0.141. The molecule has 2 aromatic heterocycles. The maximum absolute atomic E-state index is 11.3. The Morgan fingerprint density at radius 2 is 1.88 bits per heavy atom. The van der Waals surface area contributed by atoms with Crippen molar-refractivity contribution in [2.24, 2.45) is 5.92 Å². The smallest absolute Gasteiger partial charge is 0.308 e. The second kappa shape index (κ2) is 10.2. The van der Waals surface area contributed by atoms with E-state index < -0.39 is 5.97 Å². The van der Waals surface area contributed by atoms with Gasteiger partial charge in [-0.2, -0.15) is 0 Å². The van der Waals surface area contributed by atoms with Crippen LogP contribution in [-0.2, 0) is 17.9 Å². The Hall–Kier alpha value is -3.49. The van der Waals surface area contributed by atoms with Crippen molar-refractivity contribution in [1.82, 2.24) is 15.3 Å². The van der Waals surface area contributed by atoms with Crippen molar-refractivity contribution in [2.75, 3.05) is 18.0 Å². The molecule has 174 valence electrons. The van der Waals surface area contributed by atoms with Gasteiger partial charge in [0.1, 0.15) is 11.6 Å². The zero-order valence-corrected chi connectivity index (χ0v) is 19.5. The van der Waals surface area contributed by atoms with Crippen LogP contribution in [-0.4, -0.2) is 34.1 Å². The molecule has 8 heteroatoms. The molecule has 1 saturated heterocycles. The monoisotopic (exact) mass is 474 g/mol. The van der Waals surface area contributed by atoms with E-state index in [1.807, 2.05) is 60.8 Å². The van der Waals surface area contributed by atoms with Crippen molar-refractivity contribution in [2.45, 2.75) is 25.9 Å². The van der Waals surface area contributed by atoms with Gasteiger partial charge >= 0.3 is 5.97 Å². The summed E-state index contributed by atoms with van der Waals surface area (Å²) in [6, 6.07) is 20.1. The summed E-state index contributed by atoms with van der Waals surface area (Å²) in [7, 11) is 0. The van der Waals surface area contributed by atoms with Crippen LogP contribution < -0.4 is 15.0 Å². The Morgan fingerprint density at radius 3 is 2.65 bits per heavy atom. The van der Waals surface area contributed by atoms with Gasteiger partial charge in [-0.05, 0) is 54.3 Å². The van der Waals surface area contributed by atoms with Crippen LogP contribution in [0.5, 0.6) is 10.9 Å². The first kappa shape index (κ1) is 22.3. The molecular weight excluding hydrogens is 448 g/mol. The van der Waals surface area contributed by atoms with Gasteiger partial charge in [-0.15, -0.1) is 0 Å². The molecule has 5 rings (SSSR count). The zero-order valence-electron chi connectivity index (χ0n) is 18.7. The van der Waals surface area contributed by atoms with E-state index in [-0.39, 0.29) is 5.92 Å². The fourth-order valence-electron chi connectivity index (χ4n) is 4.12. The van der Waals surface area contributed by atoms with Crippen molar-refractivity contribution < 1.29 is 14.6 Å². The van der Waals surface area contributed by atoms with Crippen molar-refractivity contribution in [3.63, 3.8) is 0 Å². The lowest BCUT2D eigenvalue weighted by Gasteiger charge is -2.31. The first-order valence-electron chi connectivity index (χ1n) is 11.4. The molecule has 1 atom stereocenters. The molecule has 7 nitrogen and oxygen atoms in total. The SMILES string of the molecule is O=C(O)C1CCCN(c2ccc(CNCc3ccc(Oc4nc5ccccc5s4)cc3)cn2)C1. The van der Waals surface area contributed by atoms with Crippen LogP contribution in [0, 0.1) is 5.92 Å². The average molecular weight is 475 g/mol. The van der Waals surface area contributed by atoms with Crippen molar-refractivity contribution in [1.29, 1.82) is 0 Å². The van der Waals surface area contributed by atoms with Gasteiger partial charge in [0.2, 0.25) is 0 Å². The summed E-state index contributed by atoms with van der Waals surface area (Å²) in [5.41, 5.74) is 3.20. The molecule has 0 amide bonds. The van der Waals surface area contributed by atoms with Crippen molar-refractivity contribution >= 4 is 33.3 Å². The van der Waals surface area contributed by atoms with E-state index in [0.29, 0.717) is 18.3 Å². The molecule has 1 aliphatic rings. The fourth-order valence-corrected chi connectivity index (χ4v) is 4.95. The number of carboxylic acids is 1. The third-order valence-electron chi connectivity index (χ3n) is 5.96. The number of nitrogens with one attached hydrogen (secondary N) is 1. The normalized spacial score (nSPS) is 16.0. The number of rotatable bonds is 8. The van der Waals surface area contributed by atoms with E-state index in [1.54, 1.807) is 0 Å². The van der Waals surface area contributed by atoms with Crippen LogP contribution in [0.15, 0.2) is 66.9 Å². The minimum Gasteiger partial charge on any atom is -0.481 e. The molecule has 1 fully saturated rings. The molecule has 1 unspecified atom stereocenters. The van der Waals surface area contributed by atoms with Crippen molar-refractivity contribution in [3.8, 4) is 10.9 Å². The molecule has 0 saturated carbocycles. The maximum Gasteiger partial charge on any atom is 0.308 e. The molecule has 2 N–H and O–H groups in total. The van der Waals surface area contributed by atoms with Crippen LogP contribution in [0.1, 0.15) is 24.0 Å². The number of hydrogen-bond donors (Lipinski definition) is 2. The lowest BCUT2D eigenvalue weighted by atomic mass is 9.98. The van der Waals surface area contributed by atoms with Gasteiger partial charge in [0, 0.05) is 32.4 Å². The van der Waals surface area contributed by atoms with Crippen LogP contribution in [0.3, 0.4) is 0 Å². The summed E-state index contributed by atoms with van der Waals surface area (Å²) in [5, 5.41) is 13.4. The minimum absolute atomic E-state index is 0.310. The number of carboxylic acid groups (broad SMARTS) is 1. The molecule has 4 aromatic rings. The van der Waals surface area contributed by atoms with E-state index in [2.05, 4.69) is 26.3 Å². The molecule has 3 heterocycles. The molecule has 0 spiro atoms. The quantitative estimate of drug-likeness (QED) is 0.368. The van der Waals surface area contributed by atoms with Crippen LogP contribution in [0.2, 0.25) is 0 Å². The molecule has 2 aromatic carbocycles. The first-order valence-corrected chi connectivity index (χ1v) is 12.2. The number of anilines is 1. The summed E-state index contributed by atoms with van der Waals surface area (Å²) < 4.78 is 7.03. The third kappa shape index (κ3) is 5.35. The molecule has 0 aliphatic carbocycles. The molecule has 1 aliphatic heterocycles. The fraction of sp³-hybridized carbons (Fsp3) is 0.269. The number of aliphatic carboxylic acids is 1. The number of ether oxygens (including phenoxy) is 1. The van der Waals surface area contributed by atoms with Gasteiger partial charge in [-0.3, -0.25) is 4.79 Å². The van der Waals surface area contributed by atoms with Crippen LogP contribution in [0.25, 0.3) is 10.2 Å². The summed E-state index contributed by atoms with van der Waals surface area (Å²) in [5.74, 6) is 0.584. The number of aromatic nitrogens is 2. The Bertz CT molecular complexity index is 1220. The largest absolute Gasteiger partial charge is 0.481 e. The summed E-state index contributed by atoms with van der Waals surface area (Å²) in [6.07, 6.45) is 3.48. The van der Waals surface area contributed by atoms with Crippen LogP contribution in [0.4, 0.5) is 5.82 Å². The van der Waals surface area contributed by atoms with Gasteiger partial charge in [-0.1, -0.05) is 41.7 Å². The Labute approximate surface area is 202 Å². The number of pyridine rings is 1. The lowest BCUT2D eigenvalue weighted by Crippen LogP contribution is -2.39. The molecule has 0 radical (unpaired) electrons. The van der Waals surface area contributed by atoms with E-state index in [0.717, 1.165) is 58.8 Å². The topological polar surface area (TPSA) is 87.6 Å². The minimum atomic E-state index is -0.720. The van der Waals surface area contributed by atoms with E-state index in [1.165, 1.54) is 11.3 Å². The summed E-state index contributed by atoms with van der Waals surface area (Å²) in [6.45, 7) is 2.82. The highest BCUT2D eigenvalue weighted by atomic mass is 32.1. The number of para-hydroxylation sites is 1. The van der Waals surface area contributed by atoms with Gasteiger partial charge in [0.05, 0.1) is 16.1 Å². The van der Waals surface area contributed by atoms with Crippen LogP contribution >= 0.6 is 11.3 Å². The van der Waals surface area contributed by atoms with E-state index in [9.17, 15) is 9.90 Å². The van der Waals surface area contributed by atoms with Crippen molar-refractivity contribution in [3.05, 3.63) is 78.0 Å².